The molecule has 49 heavy (non-hydrogen) atoms. The molecule has 0 aliphatic rings. The summed E-state index contributed by atoms with van der Waals surface area (Å²) in [5.74, 6) is 0. The summed E-state index contributed by atoms with van der Waals surface area (Å²) in [6, 6.07) is 31.3. The van der Waals surface area contributed by atoms with E-state index in [9.17, 15) is 0 Å². The molecule has 0 aliphatic heterocycles. The Balaban J connectivity index is 0.00000104. The lowest BCUT2D eigenvalue weighted by atomic mass is 9.88. The maximum atomic E-state index is 7.32. The first-order chi connectivity index (χ1) is 22.9. The molecule has 9 heteroatoms. The van der Waals surface area contributed by atoms with Crippen molar-refractivity contribution in [1.29, 1.82) is 5.26 Å². The predicted octanol–water partition coefficient (Wildman–Crippen LogP) is 0.926. The number of hydrogen-bond acceptors (Lipinski definition) is 3. The number of rotatable bonds is 8. The Morgan fingerprint density at radius 3 is 1.27 bits per heavy atom. The molecule has 7 aromatic rings. The van der Waals surface area contributed by atoms with E-state index < -0.39 is 0 Å². The molecular weight excluding hydrogens is 738 g/mol. The molecule has 0 unspecified atom stereocenters. The molecule has 7 nitrogen and oxygen atoms in total. The molecule has 0 radical (unpaired) electrons. The Morgan fingerprint density at radius 1 is 0.571 bits per heavy atom. The number of aromatic nitrogens is 6. The summed E-state index contributed by atoms with van der Waals surface area (Å²) in [6.45, 7) is 13.7. The van der Waals surface area contributed by atoms with Gasteiger partial charge in [-0.3, -0.25) is 9.97 Å². The van der Waals surface area contributed by atoms with Crippen LogP contribution in [0.1, 0.15) is 51.7 Å². The SMILES string of the molecule is CC#N.Cc1c(C)c(C[n+]2cn(Cc3ccccn3)c3ccccc32)c(C)c(C)c1C[n+]1cn(Cc2ccccn2)c2ccccc21.[Br-].[Br-]. The summed E-state index contributed by atoms with van der Waals surface area (Å²) in [5, 5.41) is 7.32. The van der Waals surface area contributed by atoms with Crippen LogP contribution >= 0.6 is 0 Å². The summed E-state index contributed by atoms with van der Waals surface area (Å²) in [4.78, 5) is 9.15. The lowest BCUT2D eigenvalue weighted by molar-refractivity contribution is -0.664. The fourth-order valence-corrected chi connectivity index (χ4v) is 6.60. The zero-order chi connectivity index (χ0) is 32.9. The number of halogens is 2. The number of nitrogens with zero attached hydrogens (tertiary/aromatic N) is 7. The molecule has 0 atom stereocenters. The van der Waals surface area contributed by atoms with Gasteiger partial charge in [0.05, 0.1) is 17.5 Å². The molecule has 4 heterocycles. The van der Waals surface area contributed by atoms with Crippen LogP contribution in [-0.2, 0) is 26.2 Å². The largest absolute Gasteiger partial charge is 1.00 e. The zero-order valence-corrected chi connectivity index (χ0v) is 31.8. The number of nitriles is 1. The van der Waals surface area contributed by atoms with E-state index in [2.05, 4.69) is 141 Å². The monoisotopic (exact) mass is 777 g/mol. The van der Waals surface area contributed by atoms with Crippen molar-refractivity contribution in [2.45, 2.75) is 60.8 Å². The second-order valence-corrected chi connectivity index (χ2v) is 12.0. The van der Waals surface area contributed by atoms with Gasteiger partial charge in [0.15, 0.2) is 22.1 Å². The third-order valence-electron chi connectivity index (χ3n) is 9.27. The normalized spacial score (nSPS) is 10.5. The van der Waals surface area contributed by atoms with Crippen LogP contribution in [0.5, 0.6) is 0 Å². The molecule has 0 amide bonds. The van der Waals surface area contributed by atoms with Crippen LogP contribution in [0.15, 0.2) is 110 Å². The summed E-state index contributed by atoms with van der Waals surface area (Å²) < 4.78 is 9.42. The van der Waals surface area contributed by atoms with Crippen LogP contribution in [0.25, 0.3) is 22.1 Å². The lowest BCUT2D eigenvalue weighted by Crippen LogP contribution is -3.00. The fourth-order valence-electron chi connectivity index (χ4n) is 6.60. The smallest absolute Gasteiger partial charge is 0.245 e. The van der Waals surface area contributed by atoms with Crippen molar-refractivity contribution in [2.75, 3.05) is 0 Å². The van der Waals surface area contributed by atoms with Gasteiger partial charge >= 0.3 is 0 Å². The molecular formula is C40H41Br2N7. The minimum Gasteiger partial charge on any atom is -1.00 e. The number of pyridine rings is 2. The first-order valence-corrected chi connectivity index (χ1v) is 16.0. The molecule has 0 bridgehead atoms. The number of benzene rings is 3. The van der Waals surface area contributed by atoms with Gasteiger partial charge in [-0.2, -0.15) is 5.26 Å². The van der Waals surface area contributed by atoms with Gasteiger partial charge in [-0.05, 0) is 110 Å². The first-order valence-electron chi connectivity index (χ1n) is 16.0. The highest BCUT2D eigenvalue weighted by molar-refractivity contribution is 5.72. The van der Waals surface area contributed by atoms with E-state index >= 15 is 0 Å². The van der Waals surface area contributed by atoms with E-state index in [4.69, 9.17) is 5.26 Å². The third kappa shape index (κ3) is 7.82. The van der Waals surface area contributed by atoms with E-state index in [1.165, 1.54) is 62.4 Å². The highest BCUT2D eigenvalue weighted by Gasteiger charge is 2.23. The van der Waals surface area contributed by atoms with Gasteiger partial charge in [0, 0.05) is 19.3 Å². The highest BCUT2D eigenvalue weighted by Crippen LogP contribution is 2.28. The second kappa shape index (κ2) is 16.6. The Labute approximate surface area is 309 Å². The fraction of sp³-hybridized carbons (Fsp3) is 0.225. The van der Waals surface area contributed by atoms with Gasteiger partial charge in [-0.15, -0.1) is 0 Å². The highest BCUT2D eigenvalue weighted by atomic mass is 79.9. The Morgan fingerprint density at radius 2 is 0.918 bits per heavy atom. The van der Waals surface area contributed by atoms with Gasteiger partial charge in [0.1, 0.15) is 26.2 Å². The molecule has 0 spiro atoms. The standard InChI is InChI=1S/C38H38N6.C2H3N.2BrH/c1-27-28(2)34(24-44-26-42(22-32-14-10-12-20-40-32)36-16-6-8-18-38(36)44)30(4)29(3)33(27)23-43-25-41(21-31-13-9-11-19-39-31)35-15-5-7-17-37(35)43;1-2-3;;/h5-20,25-26H,21-24H2,1-4H3;1H3;2*1H/q+2;;;/p-2. The molecule has 0 aliphatic carbocycles. The molecule has 250 valence electrons. The van der Waals surface area contributed by atoms with Crippen LogP contribution in [0, 0.1) is 39.0 Å². The Kier molecular flexibility index (Phi) is 12.6. The third-order valence-corrected chi connectivity index (χ3v) is 9.27. The summed E-state index contributed by atoms with van der Waals surface area (Å²) in [5.41, 5.74) is 15.3. The number of fused-ring (bicyclic) bond motifs is 2. The molecule has 0 saturated carbocycles. The van der Waals surface area contributed by atoms with Crippen molar-refractivity contribution in [3.63, 3.8) is 0 Å². The molecule has 7 rings (SSSR count). The molecule has 0 fully saturated rings. The lowest BCUT2D eigenvalue weighted by Gasteiger charge is -2.19. The van der Waals surface area contributed by atoms with Crippen LogP contribution in [0.2, 0.25) is 0 Å². The maximum Gasteiger partial charge on any atom is 0.245 e. The van der Waals surface area contributed by atoms with Gasteiger partial charge in [0.2, 0.25) is 12.7 Å². The molecule has 4 aromatic heterocycles. The quantitative estimate of drug-likeness (QED) is 0.216. The van der Waals surface area contributed by atoms with Crippen LogP contribution < -0.4 is 43.1 Å². The van der Waals surface area contributed by atoms with Crippen molar-refractivity contribution in [2.24, 2.45) is 0 Å². The average molecular weight is 780 g/mol. The summed E-state index contributed by atoms with van der Waals surface area (Å²) in [6.07, 6.45) is 8.24. The number of para-hydroxylation sites is 4. The van der Waals surface area contributed by atoms with Gasteiger partial charge in [-0.25, -0.2) is 18.3 Å². The number of imidazole rings is 2. The Bertz CT molecular complexity index is 2030. The van der Waals surface area contributed by atoms with Crippen LogP contribution in [0.4, 0.5) is 0 Å². The Hall–Kier alpha value is -4.65. The van der Waals surface area contributed by atoms with Crippen molar-refractivity contribution < 1.29 is 43.1 Å². The minimum absolute atomic E-state index is 0. The topological polar surface area (TPSA) is 67.2 Å². The van der Waals surface area contributed by atoms with Gasteiger partial charge in [0.25, 0.3) is 0 Å². The molecule has 0 saturated heterocycles. The van der Waals surface area contributed by atoms with Gasteiger partial charge in [-0.1, -0.05) is 36.4 Å². The van der Waals surface area contributed by atoms with Crippen LogP contribution in [0.3, 0.4) is 0 Å². The zero-order valence-electron chi connectivity index (χ0n) is 28.6. The second-order valence-electron chi connectivity index (χ2n) is 12.0. The number of hydrogen-bond donors (Lipinski definition) is 0. The van der Waals surface area contributed by atoms with E-state index in [0.717, 1.165) is 37.6 Å². The maximum absolute atomic E-state index is 7.32. The minimum atomic E-state index is 0. The van der Waals surface area contributed by atoms with Crippen molar-refractivity contribution in [3.8, 4) is 6.07 Å². The first kappa shape index (κ1) is 37.2. The summed E-state index contributed by atoms with van der Waals surface area (Å²) >= 11 is 0. The van der Waals surface area contributed by atoms with Crippen molar-refractivity contribution >= 4 is 22.1 Å². The predicted molar refractivity (Wildman–Crippen MR) is 186 cm³/mol. The van der Waals surface area contributed by atoms with Crippen molar-refractivity contribution in [1.82, 2.24) is 19.1 Å². The van der Waals surface area contributed by atoms with E-state index in [1.807, 2.05) is 24.5 Å². The van der Waals surface area contributed by atoms with E-state index in [0.29, 0.717) is 0 Å². The summed E-state index contributed by atoms with van der Waals surface area (Å²) in [7, 11) is 0. The average Bonchev–Trinajstić information content (AvgIpc) is 3.62. The van der Waals surface area contributed by atoms with E-state index in [-0.39, 0.29) is 34.0 Å². The van der Waals surface area contributed by atoms with Crippen LogP contribution in [-0.4, -0.2) is 19.1 Å². The van der Waals surface area contributed by atoms with Gasteiger partial charge < -0.3 is 34.0 Å². The van der Waals surface area contributed by atoms with E-state index in [1.54, 1.807) is 6.07 Å². The molecule has 0 N–H and O–H groups in total. The molecule has 3 aromatic carbocycles. The van der Waals surface area contributed by atoms with Crippen molar-refractivity contribution in [3.05, 3.63) is 155 Å².